The Balaban J connectivity index is 0.936. The van der Waals surface area contributed by atoms with Crippen molar-refractivity contribution >= 4 is 49.6 Å². The second kappa shape index (κ2) is 12.1. The zero-order valence-electron chi connectivity index (χ0n) is 32.6. The number of para-hydroxylation sites is 2. The van der Waals surface area contributed by atoms with Crippen molar-refractivity contribution in [2.24, 2.45) is 23.2 Å². The van der Waals surface area contributed by atoms with Crippen LogP contribution in [-0.2, 0) is 5.41 Å². The number of aromatic nitrogens is 1. The Morgan fingerprint density at radius 3 is 1.79 bits per heavy atom. The number of nitrogens with zero attached hydrogens (tertiary/aromatic N) is 2. The molecule has 0 saturated heterocycles. The van der Waals surface area contributed by atoms with Crippen LogP contribution in [-0.4, -0.2) is 4.57 Å². The molecule has 2 heteroatoms. The predicted octanol–water partition coefficient (Wildman–Crippen LogP) is 14.8. The van der Waals surface area contributed by atoms with Gasteiger partial charge in [0, 0.05) is 33.2 Å². The number of fused-ring (bicyclic) bond motifs is 5. The molecule has 4 fully saturated rings. The molecule has 0 amide bonds. The second-order valence-electron chi connectivity index (χ2n) is 17.9. The third-order valence-electron chi connectivity index (χ3n) is 15.4. The van der Waals surface area contributed by atoms with Crippen LogP contribution in [0.1, 0.15) is 37.7 Å². The summed E-state index contributed by atoms with van der Waals surface area (Å²) >= 11 is 0. The Hall–Kier alpha value is -6.38. The molecule has 1 spiro atoms. The molecule has 8 aromatic carbocycles. The first-order valence-electron chi connectivity index (χ1n) is 21.3. The van der Waals surface area contributed by atoms with E-state index in [0.29, 0.717) is 10.8 Å². The fraction of sp³-hybridized carbons (Fsp3) is 0.179. The van der Waals surface area contributed by atoms with E-state index in [4.69, 9.17) is 0 Å². The molecule has 4 aliphatic carbocycles. The quantitative estimate of drug-likeness (QED) is 0.158. The summed E-state index contributed by atoms with van der Waals surface area (Å²) in [6.07, 6.45) is 7.16. The van der Waals surface area contributed by atoms with Crippen LogP contribution in [0.5, 0.6) is 0 Å². The van der Waals surface area contributed by atoms with Crippen LogP contribution in [0.25, 0.3) is 60.5 Å². The van der Waals surface area contributed by atoms with Gasteiger partial charge in [-0.2, -0.15) is 0 Å². The SMILES string of the molecule is c1ccc(-c2ccc(N(c3ccc(-c4cccc(-n5c6ccccc6c6ccccc65)c4)cc3)c3cccc(C45C[C@@H]6CC7C[C@@H](C4)C76C5)c3)c3ccccc23)cc1. The van der Waals surface area contributed by atoms with Crippen molar-refractivity contribution in [3.05, 3.63) is 194 Å². The lowest BCUT2D eigenvalue weighted by Gasteiger charge is -2.66. The standard InChI is InChI=1S/C56H44N2/c1-2-12-38(13-3-1)47-28-29-54(49-19-5-4-18-48(47)49)57(46-17-11-15-40(33-46)55-34-42-31-41-32-43(35-55)56(41,42)36-55)44-26-24-37(25-27-44)39-14-10-16-45(30-39)58-52-22-8-6-20-50(52)51-21-7-9-23-53(51)58/h1-30,33,41-43H,31-32,34-36H2/t41?,42-,43-,55?,56?/m0/s1. The molecule has 58 heavy (non-hydrogen) atoms. The van der Waals surface area contributed by atoms with Gasteiger partial charge in [0.15, 0.2) is 0 Å². The fourth-order valence-corrected chi connectivity index (χ4v) is 13.0. The summed E-state index contributed by atoms with van der Waals surface area (Å²) in [6, 6.07) is 70.1. The van der Waals surface area contributed by atoms with Crippen molar-refractivity contribution in [3.63, 3.8) is 0 Å². The molecule has 9 aromatic rings. The molecule has 4 aliphatic rings. The summed E-state index contributed by atoms with van der Waals surface area (Å²) in [6.45, 7) is 0. The van der Waals surface area contributed by atoms with Crippen molar-refractivity contribution < 1.29 is 0 Å². The Kier molecular flexibility index (Phi) is 6.80. The third-order valence-corrected chi connectivity index (χ3v) is 15.4. The first kappa shape index (κ1) is 32.7. The number of hydrogen-bond donors (Lipinski definition) is 0. The summed E-state index contributed by atoms with van der Waals surface area (Å²) in [5.41, 5.74) is 14.8. The summed E-state index contributed by atoms with van der Waals surface area (Å²) in [5, 5.41) is 5.10. The molecule has 2 nitrogen and oxygen atoms in total. The van der Waals surface area contributed by atoms with Gasteiger partial charge < -0.3 is 9.47 Å². The Morgan fingerprint density at radius 2 is 1.09 bits per heavy atom. The minimum Gasteiger partial charge on any atom is -0.310 e. The maximum absolute atomic E-state index is 2.57. The van der Waals surface area contributed by atoms with Crippen molar-refractivity contribution in [1.29, 1.82) is 0 Å². The van der Waals surface area contributed by atoms with Gasteiger partial charge >= 0.3 is 0 Å². The minimum absolute atomic E-state index is 0.340. The van der Waals surface area contributed by atoms with E-state index in [-0.39, 0.29) is 0 Å². The van der Waals surface area contributed by atoms with E-state index < -0.39 is 0 Å². The Labute approximate surface area is 340 Å². The van der Waals surface area contributed by atoms with Gasteiger partial charge in [-0.05, 0) is 148 Å². The zero-order chi connectivity index (χ0) is 38.0. The van der Waals surface area contributed by atoms with Gasteiger partial charge in [-0.15, -0.1) is 0 Å². The van der Waals surface area contributed by atoms with Gasteiger partial charge in [0.1, 0.15) is 0 Å². The van der Waals surface area contributed by atoms with Crippen LogP contribution in [0, 0.1) is 23.2 Å². The normalized spacial score (nSPS) is 23.8. The molecular weight excluding hydrogens is 701 g/mol. The maximum Gasteiger partial charge on any atom is 0.0541 e. The second-order valence-corrected chi connectivity index (χ2v) is 17.9. The first-order valence-corrected chi connectivity index (χ1v) is 21.3. The Morgan fingerprint density at radius 1 is 0.448 bits per heavy atom. The van der Waals surface area contributed by atoms with Crippen molar-refractivity contribution in [3.8, 4) is 27.9 Å². The van der Waals surface area contributed by atoms with Crippen LogP contribution >= 0.6 is 0 Å². The average molecular weight is 745 g/mol. The molecule has 2 atom stereocenters. The van der Waals surface area contributed by atoms with Gasteiger partial charge in [-0.3, -0.25) is 0 Å². The Bertz CT molecular complexity index is 3010. The van der Waals surface area contributed by atoms with E-state index in [9.17, 15) is 0 Å². The zero-order valence-corrected chi connectivity index (χ0v) is 32.6. The average Bonchev–Trinajstić information content (AvgIpc) is 3.91. The number of rotatable bonds is 7. The van der Waals surface area contributed by atoms with Gasteiger partial charge in [-0.25, -0.2) is 0 Å². The predicted molar refractivity (Wildman–Crippen MR) is 242 cm³/mol. The van der Waals surface area contributed by atoms with Gasteiger partial charge in [-0.1, -0.05) is 133 Å². The van der Waals surface area contributed by atoms with Gasteiger partial charge in [0.05, 0.1) is 16.7 Å². The molecule has 0 N–H and O–H groups in total. The molecule has 278 valence electrons. The number of hydrogen-bond acceptors (Lipinski definition) is 1. The molecule has 1 aromatic heterocycles. The van der Waals surface area contributed by atoms with Gasteiger partial charge in [0.2, 0.25) is 0 Å². The van der Waals surface area contributed by atoms with Crippen LogP contribution in [0.3, 0.4) is 0 Å². The lowest BCUT2D eigenvalue weighted by Crippen LogP contribution is -2.59. The molecule has 0 aliphatic heterocycles. The molecule has 2 bridgehead atoms. The molecule has 1 heterocycles. The fourth-order valence-electron chi connectivity index (χ4n) is 13.0. The van der Waals surface area contributed by atoms with E-state index in [1.165, 1.54) is 110 Å². The molecule has 0 radical (unpaired) electrons. The highest BCUT2D eigenvalue weighted by molar-refractivity contribution is 6.09. The van der Waals surface area contributed by atoms with E-state index in [1.807, 2.05) is 0 Å². The van der Waals surface area contributed by atoms with Gasteiger partial charge in [0.25, 0.3) is 0 Å². The van der Waals surface area contributed by atoms with E-state index in [2.05, 4.69) is 198 Å². The first-order chi connectivity index (χ1) is 28.7. The molecule has 13 rings (SSSR count). The molecule has 0 unspecified atom stereocenters. The van der Waals surface area contributed by atoms with Crippen LogP contribution in [0.15, 0.2) is 188 Å². The monoisotopic (exact) mass is 744 g/mol. The summed E-state index contributed by atoms with van der Waals surface area (Å²) in [5.74, 6) is 2.93. The summed E-state index contributed by atoms with van der Waals surface area (Å²) in [7, 11) is 0. The van der Waals surface area contributed by atoms with E-state index in [1.54, 1.807) is 5.56 Å². The summed E-state index contributed by atoms with van der Waals surface area (Å²) in [4.78, 5) is 2.53. The van der Waals surface area contributed by atoms with Crippen LogP contribution < -0.4 is 4.90 Å². The number of benzene rings is 8. The van der Waals surface area contributed by atoms with Crippen molar-refractivity contribution in [2.45, 2.75) is 37.5 Å². The maximum atomic E-state index is 2.57. The highest BCUT2D eigenvalue weighted by atomic mass is 15.1. The summed E-state index contributed by atoms with van der Waals surface area (Å²) < 4.78 is 2.41. The third kappa shape index (κ3) is 4.49. The van der Waals surface area contributed by atoms with E-state index in [0.717, 1.165) is 17.8 Å². The van der Waals surface area contributed by atoms with Crippen molar-refractivity contribution in [2.75, 3.05) is 4.90 Å². The minimum atomic E-state index is 0.340. The topological polar surface area (TPSA) is 8.17 Å². The highest BCUT2D eigenvalue weighted by Gasteiger charge is 2.77. The highest BCUT2D eigenvalue weighted by Crippen LogP contribution is 2.84. The largest absolute Gasteiger partial charge is 0.310 e. The van der Waals surface area contributed by atoms with Crippen LogP contribution in [0.2, 0.25) is 0 Å². The lowest BCUT2D eigenvalue weighted by molar-refractivity contribution is -0.175. The van der Waals surface area contributed by atoms with E-state index >= 15 is 0 Å². The molecule has 4 saturated carbocycles. The number of anilines is 3. The van der Waals surface area contributed by atoms with Crippen molar-refractivity contribution in [1.82, 2.24) is 4.57 Å². The molecular formula is C56H44N2. The van der Waals surface area contributed by atoms with Crippen LogP contribution in [0.4, 0.5) is 17.1 Å². The smallest absolute Gasteiger partial charge is 0.0541 e. The lowest BCUT2D eigenvalue weighted by atomic mass is 9.38.